The number of nitrogens with zero attached hydrogens (tertiary/aromatic N) is 2. The van der Waals surface area contributed by atoms with Crippen LogP contribution in [-0.4, -0.2) is 29.7 Å². The topological polar surface area (TPSA) is 73.1 Å². The van der Waals surface area contributed by atoms with Crippen molar-refractivity contribution in [1.29, 1.82) is 0 Å². The highest BCUT2D eigenvalue weighted by molar-refractivity contribution is 5.58. The van der Waals surface area contributed by atoms with Crippen LogP contribution in [-0.2, 0) is 4.74 Å². The van der Waals surface area contributed by atoms with E-state index in [1.54, 1.807) is 6.20 Å². The monoisotopic (exact) mass is 208 g/mol. The van der Waals surface area contributed by atoms with E-state index in [0.29, 0.717) is 11.6 Å². The first-order valence-electron chi connectivity index (χ1n) is 5.23. The molecule has 1 saturated heterocycles. The Morgan fingerprint density at radius 1 is 1.60 bits per heavy atom. The van der Waals surface area contributed by atoms with Crippen LogP contribution in [0.15, 0.2) is 12.5 Å². The lowest BCUT2D eigenvalue weighted by Gasteiger charge is -2.09. The molecule has 0 amide bonds. The van der Waals surface area contributed by atoms with Gasteiger partial charge in [-0.3, -0.25) is 0 Å². The number of nitrogens with one attached hydrogen (secondary N) is 1. The molecule has 15 heavy (non-hydrogen) atoms. The summed E-state index contributed by atoms with van der Waals surface area (Å²) in [7, 11) is 0. The van der Waals surface area contributed by atoms with Crippen molar-refractivity contribution in [2.45, 2.75) is 12.8 Å². The van der Waals surface area contributed by atoms with Crippen molar-refractivity contribution in [3.63, 3.8) is 0 Å². The van der Waals surface area contributed by atoms with Crippen molar-refractivity contribution in [3.05, 3.63) is 12.5 Å². The molecule has 1 aliphatic heterocycles. The van der Waals surface area contributed by atoms with Gasteiger partial charge in [0.05, 0.1) is 11.9 Å². The first-order chi connectivity index (χ1) is 7.36. The number of ether oxygens (including phenoxy) is 1. The second-order valence-electron chi connectivity index (χ2n) is 3.77. The van der Waals surface area contributed by atoms with Gasteiger partial charge in [-0.1, -0.05) is 0 Å². The van der Waals surface area contributed by atoms with E-state index in [1.165, 1.54) is 12.7 Å². The average molecular weight is 208 g/mol. The molecule has 2 heterocycles. The first-order valence-corrected chi connectivity index (χ1v) is 5.23. The molecule has 2 rings (SSSR count). The van der Waals surface area contributed by atoms with E-state index >= 15 is 0 Å². The summed E-state index contributed by atoms with van der Waals surface area (Å²) < 4.78 is 5.31. The van der Waals surface area contributed by atoms with Gasteiger partial charge in [-0.2, -0.15) is 0 Å². The number of rotatable bonds is 4. The summed E-state index contributed by atoms with van der Waals surface area (Å²) in [4.78, 5) is 7.90. The summed E-state index contributed by atoms with van der Waals surface area (Å²) in [6, 6.07) is 0. The minimum Gasteiger partial charge on any atom is -0.394 e. The molecule has 5 heteroatoms. The zero-order valence-electron chi connectivity index (χ0n) is 8.65. The van der Waals surface area contributed by atoms with Gasteiger partial charge in [0.15, 0.2) is 5.82 Å². The second kappa shape index (κ2) is 4.93. The highest BCUT2D eigenvalue weighted by Gasteiger charge is 2.14. The molecule has 0 aliphatic carbocycles. The molecule has 0 aromatic carbocycles. The minimum atomic E-state index is 0.597. The summed E-state index contributed by atoms with van der Waals surface area (Å²) in [5, 5.41) is 3.21. The smallest absolute Gasteiger partial charge is 0.152 e. The third-order valence-electron chi connectivity index (χ3n) is 2.61. The van der Waals surface area contributed by atoms with E-state index in [0.717, 1.165) is 32.0 Å². The molecule has 1 fully saturated rings. The molecule has 82 valence electrons. The van der Waals surface area contributed by atoms with E-state index in [9.17, 15) is 0 Å². The fraction of sp³-hybridized carbons (Fsp3) is 0.600. The summed E-state index contributed by atoms with van der Waals surface area (Å²) in [6.45, 7) is 2.68. The number of hydrogen-bond donors (Lipinski definition) is 2. The maximum absolute atomic E-state index is 5.70. The van der Waals surface area contributed by atoms with Crippen LogP contribution in [0.4, 0.5) is 11.5 Å². The van der Waals surface area contributed by atoms with Crippen LogP contribution in [0.1, 0.15) is 12.8 Å². The molecule has 3 N–H and O–H groups in total. The third kappa shape index (κ3) is 2.79. The molecule has 0 bridgehead atoms. The highest BCUT2D eigenvalue weighted by Crippen LogP contribution is 2.17. The van der Waals surface area contributed by atoms with Gasteiger partial charge in [0, 0.05) is 19.8 Å². The first kappa shape index (κ1) is 10.2. The van der Waals surface area contributed by atoms with Gasteiger partial charge >= 0.3 is 0 Å². The maximum atomic E-state index is 5.70. The van der Waals surface area contributed by atoms with Crippen molar-refractivity contribution in [2.24, 2.45) is 5.92 Å². The molecule has 0 radical (unpaired) electrons. The Morgan fingerprint density at radius 3 is 3.27 bits per heavy atom. The van der Waals surface area contributed by atoms with E-state index in [4.69, 9.17) is 10.5 Å². The Hall–Kier alpha value is -1.36. The number of anilines is 2. The Bertz CT molecular complexity index is 312. The van der Waals surface area contributed by atoms with Crippen LogP contribution in [0.25, 0.3) is 0 Å². The number of nitrogen functional groups attached to an aromatic ring is 1. The van der Waals surface area contributed by atoms with Crippen molar-refractivity contribution in [2.75, 3.05) is 30.8 Å². The van der Waals surface area contributed by atoms with E-state index in [2.05, 4.69) is 15.3 Å². The Morgan fingerprint density at radius 2 is 2.53 bits per heavy atom. The zero-order chi connectivity index (χ0) is 10.5. The largest absolute Gasteiger partial charge is 0.394 e. The van der Waals surface area contributed by atoms with Gasteiger partial charge in [0.25, 0.3) is 0 Å². The van der Waals surface area contributed by atoms with Gasteiger partial charge < -0.3 is 15.8 Å². The Kier molecular flexibility index (Phi) is 3.34. The molecule has 1 aliphatic rings. The van der Waals surface area contributed by atoms with Crippen LogP contribution in [0.3, 0.4) is 0 Å². The lowest BCUT2D eigenvalue weighted by Crippen LogP contribution is -2.11. The SMILES string of the molecule is Nc1cncnc1NCCC1CCOC1. The molecule has 1 unspecified atom stereocenters. The van der Waals surface area contributed by atoms with Crippen LogP contribution >= 0.6 is 0 Å². The fourth-order valence-corrected chi connectivity index (χ4v) is 1.69. The third-order valence-corrected chi connectivity index (χ3v) is 2.61. The predicted molar refractivity (Wildman–Crippen MR) is 58.5 cm³/mol. The van der Waals surface area contributed by atoms with Crippen molar-refractivity contribution >= 4 is 11.5 Å². The highest BCUT2D eigenvalue weighted by atomic mass is 16.5. The summed E-state index contributed by atoms with van der Waals surface area (Å²) >= 11 is 0. The quantitative estimate of drug-likeness (QED) is 0.769. The predicted octanol–water partition coefficient (Wildman–Crippen LogP) is 0.897. The van der Waals surface area contributed by atoms with Gasteiger partial charge in [0.1, 0.15) is 6.33 Å². The lowest BCUT2D eigenvalue weighted by molar-refractivity contribution is 0.185. The summed E-state index contributed by atoms with van der Waals surface area (Å²) in [5.74, 6) is 1.41. The molecule has 1 aromatic heterocycles. The van der Waals surface area contributed by atoms with Crippen LogP contribution in [0, 0.1) is 5.92 Å². The van der Waals surface area contributed by atoms with Gasteiger partial charge in [-0.15, -0.1) is 0 Å². The zero-order valence-corrected chi connectivity index (χ0v) is 8.65. The molecular weight excluding hydrogens is 192 g/mol. The molecule has 0 spiro atoms. The minimum absolute atomic E-state index is 0.597. The molecule has 1 atom stereocenters. The van der Waals surface area contributed by atoms with E-state index in [-0.39, 0.29) is 0 Å². The van der Waals surface area contributed by atoms with E-state index in [1.807, 2.05) is 0 Å². The van der Waals surface area contributed by atoms with Crippen LogP contribution in [0.2, 0.25) is 0 Å². The lowest BCUT2D eigenvalue weighted by atomic mass is 10.1. The van der Waals surface area contributed by atoms with Crippen molar-refractivity contribution in [3.8, 4) is 0 Å². The van der Waals surface area contributed by atoms with Gasteiger partial charge in [-0.05, 0) is 18.8 Å². The van der Waals surface area contributed by atoms with Gasteiger partial charge in [-0.25, -0.2) is 9.97 Å². The fourth-order valence-electron chi connectivity index (χ4n) is 1.69. The molecule has 0 saturated carbocycles. The number of aromatic nitrogens is 2. The van der Waals surface area contributed by atoms with Crippen LogP contribution in [0.5, 0.6) is 0 Å². The van der Waals surface area contributed by atoms with Gasteiger partial charge in [0.2, 0.25) is 0 Å². The maximum Gasteiger partial charge on any atom is 0.152 e. The van der Waals surface area contributed by atoms with E-state index < -0.39 is 0 Å². The number of nitrogens with two attached hydrogens (primary N) is 1. The Balaban J connectivity index is 1.75. The molecule has 1 aromatic rings. The summed E-state index contributed by atoms with van der Waals surface area (Å²) in [6.07, 6.45) is 5.37. The molecule has 5 nitrogen and oxygen atoms in total. The molecular formula is C10H16N4O. The second-order valence-corrected chi connectivity index (χ2v) is 3.77. The Labute approximate surface area is 89.1 Å². The average Bonchev–Trinajstić information content (AvgIpc) is 2.74. The summed E-state index contributed by atoms with van der Waals surface area (Å²) in [5.41, 5.74) is 6.30. The van der Waals surface area contributed by atoms with Crippen LogP contribution < -0.4 is 11.1 Å². The van der Waals surface area contributed by atoms with Crippen molar-refractivity contribution in [1.82, 2.24) is 9.97 Å². The normalized spacial score (nSPS) is 20.4. The number of hydrogen-bond acceptors (Lipinski definition) is 5. The van der Waals surface area contributed by atoms with Crippen molar-refractivity contribution < 1.29 is 4.74 Å². The standard InChI is InChI=1S/C10H16N4O/c11-9-5-12-7-14-10(9)13-3-1-8-2-4-15-6-8/h5,7-8H,1-4,6,11H2,(H,12,13,14).